The minimum absolute atomic E-state index is 0.0250. The first kappa shape index (κ1) is 51.6. The minimum atomic E-state index is -6.54. The van der Waals surface area contributed by atoms with Gasteiger partial charge in [0.05, 0.1) is 11.1 Å². The van der Waals surface area contributed by atoms with Gasteiger partial charge in [-0.2, -0.15) is 0 Å². The van der Waals surface area contributed by atoms with Crippen LogP contribution in [0.15, 0.2) is 88.6 Å². The number of aromatic hydroxyl groups is 1. The normalized spacial score (nSPS) is 15.4. The fourth-order valence-corrected chi connectivity index (χ4v) is 12.0. The van der Waals surface area contributed by atoms with Crippen molar-refractivity contribution in [1.82, 2.24) is 20.2 Å². The molecule has 1 fully saturated rings. The van der Waals surface area contributed by atoms with Crippen LogP contribution < -0.4 is 42.8 Å². The van der Waals surface area contributed by atoms with Gasteiger partial charge in [0.2, 0.25) is 0 Å². The van der Waals surface area contributed by atoms with Gasteiger partial charge < -0.3 is 31.3 Å². The molecule has 0 aliphatic carbocycles. The van der Waals surface area contributed by atoms with Crippen LogP contribution in [0.4, 0.5) is 0 Å². The Kier molecular flexibility index (Phi) is 15.6. The molecule has 5 aromatic rings. The number of fused-ring (bicyclic) bond motifs is 2. The number of aromatic carboxylic acids is 1. The third kappa shape index (κ3) is 10.3. The number of carbonyl (C=O) groups is 3. The molecule has 24 nitrogen and oxygen atoms in total. The molecule has 0 spiro atoms. The van der Waals surface area contributed by atoms with E-state index in [0.717, 1.165) is 4.57 Å². The van der Waals surface area contributed by atoms with Gasteiger partial charge in [0.15, 0.2) is 0 Å². The Morgan fingerprint density at radius 3 is 2.31 bits per heavy atom. The number of hydrogen-bond acceptors (Lipinski definition) is 19. The monoisotopic (exact) mass is 1040 g/mol. The van der Waals surface area contributed by atoms with Gasteiger partial charge in [-0.05, 0) is 64.9 Å². The minimum Gasteiger partial charge on any atom is -0.478 e. The molecule has 2 amide bonds. The second kappa shape index (κ2) is 21.4. The van der Waals surface area contributed by atoms with E-state index in [1.807, 2.05) is 0 Å². The number of carbonyl (C=O) groups excluding carboxylic acids is 2. The number of hydrogen-bond donors (Lipinski definition) is 8. The molecule has 3 heterocycles. The van der Waals surface area contributed by atoms with Gasteiger partial charge in [-0.1, -0.05) is 30.8 Å². The molecule has 2 aliphatic heterocycles. The summed E-state index contributed by atoms with van der Waals surface area (Å²) in [5.74, 6) is 3.68. The van der Waals surface area contributed by atoms with Crippen molar-refractivity contribution in [2.75, 3.05) is 13.2 Å². The van der Waals surface area contributed by atoms with E-state index in [0.29, 0.717) is 38.5 Å². The van der Waals surface area contributed by atoms with E-state index < -0.39 is 69.4 Å². The number of aromatic amines is 1. The summed E-state index contributed by atoms with van der Waals surface area (Å²) in [5, 5.41) is 48.5. The number of phenols is 1. The molecular formula is C44H40N5O19P3. The van der Waals surface area contributed by atoms with Gasteiger partial charge in [0, 0.05) is 40.6 Å². The molecule has 2 aliphatic rings. The number of rotatable bonds is 18. The van der Waals surface area contributed by atoms with E-state index in [1.54, 1.807) is 36.4 Å². The number of carboxylic acid groups (broad SMARTS) is 1. The smallest absolute Gasteiger partial charge is 0.336 e. The molecule has 0 unspecified atom stereocenters. The summed E-state index contributed by atoms with van der Waals surface area (Å²) in [4.78, 5) is 66.4. The predicted octanol–water partition coefficient (Wildman–Crippen LogP) is 4.15. The molecular weight excluding hydrogens is 995 g/mol. The van der Waals surface area contributed by atoms with Crippen molar-refractivity contribution in [2.45, 2.75) is 44.7 Å². The van der Waals surface area contributed by atoms with Crippen LogP contribution in [0.5, 0.6) is 17.2 Å². The molecule has 4 aromatic carbocycles. The number of phenolic OH excluding ortho intramolecular Hbond substituents is 1. The van der Waals surface area contributed by atoms with Crippen LogP contribution in [0.1, 0.15) is 78.0 Å². The van der Waals surface area contributed by atoms with Gasteiger partial charge in [0.1, 0.15) is 17.2 Å². The van der Waals surface area contributed by atoms with E-state index in [2.05, 4.69) is 48.4 Å². The Morgan fingerprint density at radius 1 is 0.915 bits per heavy atom. The van der Waals surface area contributed by atoms with Crippen LogP contribution in [-0.4, -0.2) is 67.3 Å². The quantitative estimate of drug-likeness (QED) is 0.0259. The Morgan fingerprint density at radius 2 is 1.63 bits per heavy atom. The number of nitrogens with one attached hydrogen (secondary N) is 3. The number of ether oxygens (including phenoxy) is 2. The Balaban J connectivity index is 0.959. The molecule has 27 heteroatoms. The van der Waals surface area contributed by atoms with Gasteiger partial charge >= 0.3 is 179 Å². The first-order valence-electron chi connectivity index (χ1n) is 20.8. The van der Waals surface area contributed by atoms with E-state index >= 15 is 0 Å². The zero-order valence-corrected chi connectivity index (χ0v) is 39.3. The van der Waals surface area contributed by atoms with Crippen molar-refractivity contribution in [3.8, 4) is 29.1 Å². The molecule has 7 rings (SSSR count). The maximum Gasteiger partial charge on any atom is 0.336 e. The molecule has 1 aromatic heterocycles. The third-order valence-corrected chi connectivity index (χ3v) is 20.9. The molecule has 370 valence electrons. The van der Waals surface area contributed by atoms with Crippen LogP contribution in [-0.2, 0) is 61.4 Å². The maximum absolute atomic E-state index is 13.6. The Labute approximate surface area is 399 Å². The molecule has 1 saturated heterocycles. The Bertz CT molecular complexity index is 3400. The largest absolute Gasteiger partial charge is 0.478 e. The summed E-state index contributed by atoms with van der Waals surface area (Å²) in [5.41, 5.74) is 6.72. The summed E-state index contributed by atoms with van der Waals surface area (Å²) in [7, 11) is -8.81. The molecule has 2 atom stereocenters. The predicted molar refractivity (Wildman–Crippen MR) is 246 cm³/mol. The first-order valence-corrected chi connectivity index (χ1v) is 26.6. The van der Waals surface area contributed by atoms with Crippen LogP contribution in [0, 0.1) is 11.8 Å². The van der Waals surface area contributed by atoms with Crippen LogP contribution >= 0.6 is 21.4 Å². The zero-order valence-electron chi connectivity index (χ0n) is 36.6. The number of H-pyrrole nitrogens is 1. The molecule has 0 bridgehead atoms. The second-order valence-electron chi connectivity index (χ2n) is 15.5. The Hall–Kier alpha value is -7.22. The van der Waals surface area contributed by atoms with Gasteiger partial charge in [0.25, 0.3) is 11.8 Å². The maximum atomic E-state index is 13.6. The van der Waals surface area contributed by atoms with E-state index in [9.17, 15) is 57.7 Å². The summed E-state index contributed by atoms with van der Waals surface area (Å²) < 4.78 is 72.7. The van der Waals surface area contributed by atoms with Crippen LogP contribution in [0.25, 0.3) is 12.2 Å². The van der Waals surface area contributed by atoms with Gasteiger partial charge in [-0.3, -0.25) is 9.59 Å². The number of nitrogens with two attached hydrogens (primary N) is 1. The van der Waals surface area contributed by atoms with Crippen molar-refractivity contribution in [2.24, 2.45) is 5.73 Å². The summed E-state index contributed by atoms with van der Waals surface area (Å²) in [6.45, 7) is -3.67. The number of carboxylic acids is 1. The first-order chi connectivity index (χ1) is 33.9. The van der Waals surface area contributed by atoms with Crippen molar-refractivity contribution in [1.29, 1.82) is 0 Å². The van der Waals surface area contributed by atoms with Gasteiger partial charge in [-0.25, -0.2) is 4.79 Å². The van der Waals surface area contributed by atoms with Crippen molar-refractivity contribution in [3.63, 3.8) is 0 Å². The average Bonchev–Trinajstić information content (AvgIpc) is 3.82. The summed E-state index contributed by atoms with van der Waals surface area (Å²) >= 11 is 0. The summed E-state index contributed by atoms with van der Waals surface area (Å²) in [6.07, 6.45) is -1.08. The van der Waals surface area contributed by atoms with Crippen LogP contribution in [0.2, 0.25) is 0 Å². The average molecular weight is 1040 g/mol. The standard InChI is InChI=1S/C44H40N5O19P3/c1-24-5-12-31-36(18-24)65-39-32(14-15-35(50)34(39)20-45)38(31)33-19-27(10-13-30(33)43(54)55)41(52)47-21-25-6-8-26(9-7-25)40(51)46-17-3-2-4-28-22-49(44(56)48-42(28)53)37-16-11-29(64-37)23-63-71(67-58,68-66-57,69(59)60)70(61)62/h5-10,12-15,18-19,22,29,37,50,57-58H,1,4,11,16-17,20-21,23,45H2,(H,46,51)(H,47,52)(H,54,55)(H,48,53,56)/t29-,37+/m0/s1. The SMILES string of the molecule is C=c1ccc2c(c1)Oc1c(ccc(O)c1CN)C=2c1cc(C(=O)NCc2ccc(C(=O)NCC#CCc3cn([C@H]4CC[C@@H](COP(OO)(OOO)(P(=O)=O)P(=O)=O)O4)c(=O)[nH]c3=O)cc2)ccc1C(=O)O. The number of benzene rings is 4. The molecule has 9 N–H and O–H groups in total. The summed E-state index contributed by atoms with van der Waals surface area (Å²) in [6, 6.07) is 18.7. The van der Waals surface area contributed by atoms with Gasteiger partial charge in [-0.15, -0.1) is 0 Å². The van der Waals surface area contributed by atoms with Crippen molar-refractivity contribution < 1.29 is 81.8 Å². The number of amides is 2. The van der Waals surface area contributed by atoms with Crippen LogP contribution in [0.3, 0.4) is 0 Å². The molecule has 0 saturated carbocycles. The fraction of sp³-hybridized carbons (Fsp3) is 0.205. The molecule has 71 heavy (non-hydrogen) atoms. The molecule has 0 radical (unpaired) electrons. The van der Waals surface area contributed by atoms with E-state index in [-0.39, 0.29) is 78.2 Å². The van der Waals surface area contributed by atoms with Crippen molar-refractivity contribution in [3.05, 3.63) is 155 Å². The second-order valence-corrected chi connectivity index (χ2v) is 25.7. The number of nitrogens with zero attached hydrogens (tertiary/aromatic N) is 1. The van der Waals surface area contributed by atoms with E-state index in [1.165, 1.54) is 42.6 Å². The van der Waals surface area contributed by atoms with E-state index in [4.69, 9.17) is 25.0 Å². The number of aromatic nitrogens is 2. The fourth-order valence-electron chi connectivity index (χ4n) is 7.59. The topological polar surface area (TPSA) is 361 Å². The third-order valence-electron chi connectivity index (χ3n) is 11.2. The zero-order chi connectivity index (χ0) is 51.2. The van der Waals surface area contributed by atoms with Crippen molar-refractivity contribution >= 4 is 51.3 Å².